The van der Waals surface area contributed by atoms with E-state index in [0.717, 1.165) is 36.8 Å². The second-order valence-electron chi connectivity index (χ2n) is 5.18. The zero-order valence-corrected chi connectivity index (χ0v) is 15.1. The van der Waals surface area contributed by atoms with Crippen LogP contribution in [-0.4, -0.2) is 14.6 Å². The lowest BCUT2D eigenvalue weighted by Crippen LogP contribution is -1.93. The predicted molar refractivity (Wildman–Crippen MR) is 99.3 cm³/mol. The van der Waals surface area contributed by atoms with E-state index in [4.69, 9.17) is 0 Å². The van der Waals surface area contributed by atoms with E-state index < -0.39 is 0 Å². The maximum absolute atomic E-state index is 4.40. The molecule has 112 valence electrons. The Morgan fingerprint density at radius 2 is 1.35 bits per heavy atom. The van der Waals surface area contributed by atoms with Gasteiger partial charge in [0.1, 0.15) is 6.33 Å². The third kappa shape index (κ3) is 2.82. The molecule has 0 aliphatic rings. The first kappa shape index (κ1) is 14.6. The summed E-state index contributed by atoms with van der Waals surface area (Å²) >= 11 is 6.96. The summed E-state index contributed by atoms with van der Waals surface area (Å²) in [6.45, 7) is 0. The summed E-state index contributed by atoms with van der Waals surface area (Å²) in [5, 5.41) is 4.31. The van der Waals surface area contributed by atoms with Crippen molar-refractivity contribution in [2.24, 2.45) is 0 Å². The number of hydrogen-bond donors (Lipinski definition) is 0. The molecular formula is C18H11Br2N3. The standard InChI is InChI=1S/C18H11Br2N3/c19-15-5-1-12(2-6-15)14-9-17(13-3-7-16(20)8-4-13)18-21-11-22-23(18)10-14/h1-11H. The maximum Gasteiger partial charge on any atom is 0.163 e. The topological polar surface area (TPSA) is 30.2 Å². The van der Waals surface area contributed by atoms with Gasteiger partial charge in [0, 0.05) is 26.3 Å². The van der Waals surface area contributed by atoms with Crippen LogP contribution in [0.3, 0.4) is 0 Å². The Bertz CT molecular complexity index is 974. The second kappa shape index (κ2) is 5.91. The highest BCUT2D eigenvalue weighted by Crippen LogP contribution is 2.30. The molecule has 0 atom stereocenters. The molecule has 0 saturated carbocycles. The van der Waals surface area contributed by atoms with Crippen molar-refractivity contribution in [2.75, 3.05) is 0 Å². The highest BCUT2D eigenvalue weighted by Gasteiger charge is 2.10. The number of aromatic nitrogens is 3. The van der Waals surface area contributed by atoms with E-state index >= 15 is 0 Å². The van der Waals surface area contributed by atoms with Crippen LogP contribution in [0.2, 0.25) is 0 Å². The number of rotatable bonds is 2. The van der Waals surface area contributed by atoms with Crippen molar-refractivity contribution in [3.63, 3.8) is 0 Å². The monoisotopic (exact) mass is 427 g/mol. The van der Waals surface area contributed by atoms with Gasteiger partial charge in [0.25, 0.3) is 0 Å². The first-order valence-electron chi connectivity index (χ1n) is 7.06. The van der Waals surface area contributed by atoms with Gasteiger partial charge in [-0.1, -0.05) is 56.1 Å². The molecule has 4 rings (SSSR count). The van der Waals surface area contributed by atoms with E-state index in [1.54, 1.807) is 6.33 Å². The third-order valence-electron chi connectivity index (χ3n) is 3.71. The number of pyridine rings is 1. The minimum atomic E-state index is 0.855. The van der Waals surface area contributed by atoms with Crippen LogP contribution < -0.4 is 0 Å². The highest BCUT2D eigenvalue weighted by molar-refractivity contribution is 9.10. The first-order valence-corrected chi connectivity index (χ1v) is 8.64. The quantitative estimate of drug-likeness (QED) is 0.416. The summed E-state index contributed by atoms with van der Waals surface area (Å²) in [5.41, 5.74) is 5.28. The molecule has 0 aliphatic carbocycles. The van der Waals surface area contributed by atoms with Crippen LogP contribution in [0.15, 0.2) is 76.1 Å². The van der Waals surface area contributed by atoms with Crippen molar-refractivity contribution in [3.05, 3.63) is 76.1 Å². The fourth-order valence-electron chi connectivity index (χ4n) is 2.57. The molecule has 3 nitrogen and oxygen atoms in total. The van der Waals surface area contributed by atoms with Gasteiger partial charge in [0.2, 0.25) is 0 Å². The van der Waals surface area contributed by atoms with Gasteiger partial charge in [-0.05, 0) is 41.5 Å². The van der Waals surface area contributed by atoms with E-state index in [9.17, 15) is 0 Å². The highest BCUT2D eigenvalue weighted by atomic mass is 79.9. The average molecular weight is 429 g/mol. The lowest BCUT2D eigenvalue weighted by atomic mass is 10.0. The average Bonchev–Trinajstić information content (AvgIpc) is 3.04. The van der Waals surface area contributed by atoms with Crippen LogP contribution in [0.25, 0.3) is 27.9 Å². The molecule has 4 aromatic rings. The van der Waals surface area contributed by atoms with Gasteiger partial charge in [0.15, 0.2) is 5.65 Å². The minimum Gasteiger partial charge on any atom is -0.220 e. The number of hydrogen-bond acceptors (Lipinski definition) is 2. The molecule has 23 heavy (non-hydrogen) atoms. The fourth-order valence-corrected chi connectivity index (χ4v) is 3.10. The van der Waals surface area contributed by atoms with Gasteiger partial charge >= 0.3 is 0 Å². The summed E-state index contributed by atoms with van der Waals surface area (Å²) in [7, 11) is 0. The SMILES string of the molecule is Brc1ccc(-c2cc(-c3ccc(Br)cc3)c3ncnn3c2)cc1. The van der Waals surface area contributed by atoms with Crippen LogP contribution in [-0.2, 0) is 0 Å². The molecule has 0 spiro atoms. The third-order valence-corrected chi connectivity index (χ3v) is 4.77. The van der Waals surface area contributed by atoms with Gasteiger partial charge in [-0.2, -0.15) is 5.10 Å². The van der Waals surface area contributed by atoms with Gasteiger partial charge < -0.3 is 0 Å². The van der Waals surface area contributed by atoms with Crippen LogP contribution in [0.4, 0.5) is 0 Å². The van der Waals surface area contributed by atoms with Crippen LogP contribution in [0.5, 0.6) is 0 Å². The second-order valence-corrected chi connectivity index (χ2v) is 7.02. The molecule has 2 aromatic carbocycles. The summed E-state index contributed by atoms with van der Waals surface area (Å²) in [6.07, 6.45) is 3.59. The van der Waals surface area contributed by atoms with Gasteiger partial charge in [0.05, 0.1) is 0 Å². The Labute approximate surface area is 150 Å². The Morgan fingerprint density at radius 3 is 2.00 bits per heavy atom. The molecule has 0 aliphatic heterocycles. The van der Waals surface area contributed by atoms with E-state index in [0.29, 0.717) is 0 Å². The molecule has 0 unspecified atom stereocenters. The number of halogens is 2. The van der Waals surface area contributed by atoms with E-state index in [1.165, 1.54) is 0 Å². The van der Waals surface area contributed by atoms with Gasteiger partial charge in [-0.3, -0.25) is 0 Å². The lowest BCUT2D eigenvalue weighted by molar-refractivity contribution is 0.963. The van der Waals surface area contributed by atoms with Crippen molar-refractivity contribution in [3.8, 4) is 22.3 Å². The van der Waals surface area contributed by atoms with Crippen molar-refractivity contribution in [1.82, 2.24) is 14.6 Å². The zero-order valence-electron chi connectivity index (χ0n) is 11.9. The number of nitrogens with zero attached hydrogens (tertiary/aromatic N) is 3. The van der Waals surface area contributed by atoms with Crippen LogP contribution >= 0.6 is 31.9 Å². The molecular weight excluding hydrogens is 418 g/mol. The summed E-state index contributed by atoms with van der Waals surface area (Å²) in [5.74, 6) is 0. The Balaban J connectivity index is 1.94. The maximum atomic E-state index is 4.40. The van der Waals surface area contributed by atoms with E-state index in [2.05, 4.69) is 72.3 Å². The largest absolute Gasteiger partial charge is 0.220 e. The molecule has 0 bridgehead atoms. The van der Waals surface area contributed by atoms with Crippen molar-refractivity contribution < 1.29 is 0 Å². The first-order chi connectivity index (χ1) is 11.2. The molecule has 2 aromatic heterocycles. The molecule has 2 heterocycles. The molecule has 0 fully saturated rings. The summed E-state index contributed by atoms with van der Waals surface area (Å²) in [4.78, 5) is 4.40. The van der Waals surface area contributed by atoms with Crippen LogP contribution in [0, 0.1) is 0 Å². The molecule has 0 radical (unpaired) electrons. The molecule has 5 heteroatoms. The molecule has 0 saturated heterocycles. The van der Waals surface area contributed by atoms with Crippen molar-refractivity contribution in [2.45, 2.75) is 0 Å². The summed E-state index contributed by atoms with van der Waals surface area (Å²) < 4.78 is 3.95. The smallest absolute Gasteiger partial charge is 0.163 e. The normalized spacial score (nSPS) is 11.0. The van der Waals surface area contributed by atoms with Crippen LogP contribution in [0.1, 0.15) is 0 Å². The molecule has 0 N–H and O–H groups in total. The Morgan fingerprint density at radius 1 is 0.739 bits per heavy atom. The lowest BCUT2D eigenvalue weighted by Gasteiger charge is -2.08. The minimum absolute atomic E-state index is 0.855. The van der Waals surface area contributed by atoms with E-state index in [1.807, 2.05) is 35.0 Å². The van der Waals surface area contributed by atoms with Crippen molar-refractivity contribution >= 4 is 37.5 Å². The predicted octanol–water partition coefficient (Wildman–Crippen LogP) is 5.59. The van der Waals surface area contributed by atoms with Gasteiger partial charge in [-0.25, -0.2) is 9.50 Å². The number of benzene rings is 2. The Hall–Kier alpha value is -1.98. The zero-order chi connectivity index (χ0) is 15.8. The molecule has 0 amide bonds. The van der Waals surface area contributed by atoms with Gasteiger partial charge in [-0.15, -0.1) is 0 Å². The summed E-state index contributed by atoms with van der Waals surface area (Å²) in [6, 6.07) is 18.7. The van der Waals surface area contributed by atoms with Crippen molar-refractivity contribution in [1.29, 1.82) is 0 Å². The number of fused-ring (bicyclic) bond motifs is 1. The Kier molecular flexibility index (Phi) is 3.75. The van der Waals surface area contributed by atoms with E-state index in [-0.39, 0.29) is 0 Å². The fraction of sp³-hybridized carbons (Fsp3) is 0.